The summed E-state index contributed by atoms with van der Waals surface area (Å²) in [5, 5.41) is 20.4. The van der Waals surface area contributed by atoms with Gasteiger partial charge in [0.1, 0.15) is 11.8 Å². The molecule has 4 atom stereocenters. The summed E-state index contributed by atoms with van der Waals surface area (Å²) in [6.07, 6.45) is 0.481. The van der Waals surface area contributed by atoms with Crippen LogP contribution in [0.5, 0.6) is 5.75 Å². The first-order chi connectivity index (χ1) is 20.0. The van der Waals surface area contributed by atoms with Crippen LogP contribution >= 0.6 is 0 Å². The van der Waals surface area contributed by atoms with Crippen LogP contribution in [0.1, 0.15) is 57.2 Å². The molecule has 1 saturated heterocycles. The third-order valence-electron chi connectivity index (χ3n) is 7.84. The van der Waals surface area contributed by atoms with Gasteiger partial charge in [-0.15, -0.1) is 0 Å². The number of carbonyl (C=O) groups is 3. The van der Waals surface area contributed by atoms with Gasteiger partial charge in [-0.3, -0.25) is 9.59 Å². The van der Waals surface area contributed by atoms with Crippen LogP contribution in [0.15, 0.2) is 48.5 Å². The van der Waals surface area contributed by atoms with Crippen LogP contribution in [0.2, 0.25) is 0 Å². The molecule has 0 aliphatic carbocycles. The molecule has 2 aromatic carbocycles. The zero-order valence-corrected chi connectivity index (χ0v) is 25.9. The molecule has 0 radical (unpaired) electrons. The molecule has 4 amide bonds. The molecule has 9 nitrogen and oxygen atoms in total. The number of para-hydroxylation sites is 1. The minimum Gasteiger partial charge on any atom is -0.483 e. The Kier molecular flexibility index (Phi) is 12.2. The van der Waals surface area contributed by atoms with Crippen LogP contribution < -0.4 is 20.7 Å². The van der Waals surface area contributed by atoms with Crippen molar-refractivity contribution in [1.82, 2.24) is 20.9 Å². The number of ether oxygens (including phenoxy) is 1. The SMILES string of the molecule is Cc1cccc(C)c1OCC(=O)N[C@@H](Cc1ccccc1)[C@@H](O)C[C@@H](NC(=O)[C@H](C(C)C)N1CCCNC1=O)C(C)C. The highest BCUT2D eigenvalue weighted by Gasteiger charge is 2.36. The van der Waals surface area contributed by atoms with Gasteiger partial charge in [-0.05, 0) is 61.6 Å². The molecule has 230 valence electrons. The second kappa shape index (κ2) is 15.6. The summed E-state index contributed by atoms with van der Waals surface area (Å²) >= 11 is 0. The molecular weight excluding hydrogens is 532 g/mol. The fourth-order valence-electron chi connectivity index (χ4n) is 5.47. The topological polar surface area (TPSA) is 120 Å². The van der Waals surface area contributed by atoms with Gasteiger partial charge in [0, 0.05) is 19.1 Å². The minimum absolute atomic E-state index is 0.00651. The Labute approximate surface area is 250 Å². The molecule has 42 heavy (non-hydrogen) atoms. The molecule has 0 bridgehead atoms. The maximum Gasteiger partial charge on any atom is 0.318 e. The van der Waals surface area contributed by atoms with Crippen molar-refractivity contribution in [2.24, 2.45) is 11.8 Å². The van der Waals surface area contributed by atoms with Crippen LogP contribution in [0, 0.1) is 25.7 Å². The maximum absolute atomic E-state index is 13.5. The van der Waals surface area contributed by atoms with Crippen molar-refractivity contribution in [3.05, 3.63) is 65.2 Å². The lowest BCUT2D eigenvalue weighted by Gasteiger charge is -2.38. The van der Waals surface area contributed by atoms with Gasteiger partial charge in [0.25, 0.3) is 5.91 Å². The van der Waals surface area contributed by atoms with Crippen LogP contribution in [0.3, 0.4) is 0 Å². The van der Waals surface area contributed by atoms with Crippen molar-refractivity contribution < 1.29 is 24.2 Å². The van der Waals surface area contributed by atoms with Crippen molar-refractivity contribution in [2.45, 2.75) is 85.0 Å². The summed E-state index contributed by atoms with van der Waals surface area (Å²) in [5.41, 5.74) is 2.86. The molecule has 3 rings (SSSR count). The number of nitrogens with zero attached hydrogens (tertiary/aromatic N) is 1. The van der Waals surface area contributed by atoms with E-state index in [9.17, 15) is 19.5 Å². The normalized spacial score (nSPS) is 16.4. The highest BCUT2D eigenvalue weighted by Crippen LogP contribution is 2.22. The van der Waals surface area contributed by atoms with E-state index >= 15 is 0 Å². The summed E-state index contributed by atoms with van der Waals surface area (Å²) in [6.45, 7) is 12.6. The number of amides is 4. The molecule has 1 aliphatic rings. The molecule has 0 unspecified atom stereocenters. The molecule has 0 spiro atoms. The van der Waals surface area contributed by atoms with E-state index in [-0.39, 0.29) is 48.8 Å². The number of rotatable bonds is 14. The van der Waals surface area contributed by atoms with Crippen molar-refractivity contribution in [2.75, 3.05) is 19.7 Å². The van der Waals surface area contributed by atoms with E-state index in [0.29, 0.717) is 25.3 Å². The van der Waals surface area contributed by atoms with Gasteiger partial charge in [-0.25, -0.2) is 4.79 Å². The molecule has 4 N–H and O–H groups in total. The predicted octanol–water partition coefficient (Wildman–Crippen LogP) is 3.74. The van der Waals surface area contributed by atoms with Gasteiger partial charge < -0.3 is 30.7 Å². The summed E-state index contributed by atoms with van der Waals surface area (Å²) in [6, 6.07) is 13.7. The Morgan fingerprint density at radius 2 is 1.62 bits per heavy atom. The van der Waals surface area contributed by atoms with Gasteiger partial charge >= 0.3 is 6.03 Å². The van der Waals surface area contributed by atoms with Crippen LogP contribution in [0.25, 0.3) is 0 Å². The third-order valence-corrected chi connectivity index (χ3v) is 7.84. The summed E-state index contributed by atoms with van der Waals surface area (Å²) in [5.74, 6) is 0.0236. The van der Waals surface area contributed by atoms with Gasteiger partial charge in [-0.2, -0.15) is 0 Å². The standard InChI is InChI=1S/C33H48N4O5/c1-21(2)26(36-32(40)30(22(3)4)37-17-11-16-34-33(37)41)19-28(38)27(18-25-14-8-7-9-15-25)35-29(39)20-42-31-23(5)12-10-13-24(31)6/h7-10,12-15,21-22,26-28,30,38H,11,16-20H2,1-6H3,(H,34,41)(H,35,39)(H,36,40)/t26-,27+,28+,30+/m1/s1. The first-order valence-electron chi connectivity index (χ1n) is 15.0. The van der Waals surface area contributed by atoms with Gasteiger partial charge in [0.15, 0.2) is 6.61 Å². The highest BCUT2D eigenvalue weighted by molar-refractivity contribution is 5.87. The second-order valence-corrected chi connectivity index (χ2v) is 12.0. The van der Waals surface area contributed by atoms with Crippen LogP contribution in [-0.4, -0.2) is 71.8 Å². The number of nitrogens with one attached hydrogen (secondary N) is 3. The molecule has 0 aromatic heterocycles. The monoisotopic (exact) mass is 580 g/mol. The Bertz CT molecular complexity index is 1170. The van der Waals surface area contributed by atoms with Crippen molar-refractivity contribution in [3.8, 4) is 5.75 Å². The lowest BCUT2D eigenvalue weighted by Crippen LogP contribution is -2.60. The lowest BCUT2D eigenvalue weighted by atomic mass is 9.91. The summed E-state index contributed by atoms with van der Waals surface area (Å²) in [4.78, 5) is 40.7. The highest BCUT2D eigenvalue weighted by atomic mass is 16.5. The summed E-state index contributed by atoms with van der Waals surface area (Å²) < 4.78 is 5.86. The van der Waals surface area contributed by atoms with Gasteiger partial charge in [0.2, 0.25) is 5.91 Å². The number of aliphatic hydroxyl groups is 1. The van der Waals surface area contributed by atoms with Crippen molar-refractivity contribution >= 4 is 17.8 Å². The van der Waals surface area contributed by atoms with E-state index in [4.69, 9.17) is 4.74 Å². The van der Waals surface area contributed by atoms with Crippen molar-refractivity contribution in [3.63, 3.8) is 0 Å². The average molecular weight is 581 g/mol. The number of urea groups is 1. The largest absolute Gasteiger partial charge is 0.483 e. The number of benzene rings is 2. The molecular formula is C33H48N4O5. The Balaban J connectivity index is 1.72. The van der Waals surface area contributed by atoms with Crippen LogP contribution in [-0.2, 0) is 16.0 Å². The zero-order chi connectivity index (χ0) is 30.8. The number of hydrogen-bond acceptors (Lipinski definition) is 5. The van der Waals surface area contributed by atoms with E-state index < -0.39 is 18.2 Å². The van der Waals surface area contributed by atoms with E-state index in [0.717, 1.165) is 23.1 Å². The van der Waals surface area contributed by atoms with E-state index in [1.807, 2.05) is 90.1 Å². The van der Waals surface area contributed by atoms with E-state index in [1.54, 1.807) is 4.90 Å². The number of carbonyl (C=O) groups excluding carboxylic acids is 3. The van der Waals surface area contributed by atoms with Crippen molar-refractivity contribution in [1.29, 1.82) is 0 Å². The number of aryl methyl sites for hydroxylation is 2. The number of aliphatic hydroxyl groups excluding tert-OH is 1. The molecule has 2 aromatic rings. The Morgan fingerprint density at radius 3 is 2.21 bits per heavy atom. The van der Waals surface area contributed by atoms with E-state index in [1.165, 1.54) is 0 Å². The smallest absolute Gasteiger partial charge is 0.318 e. The minimum atomic E-state index is -0.946. The average Bonchev–Trinajstić information content (AvgIpc) is 2.93. The third kappa shape index (κ3) is 9.21. The zero-order valence-electron chi connectivity index (χ0n) is 25.9. The maximum atomic E-state index is 13.5. The Morgan fingerprint density at radius 1 is 0.952 bits per heavy atom. The number of hydrogen-bond donors (Lipinski definition) is 4. The molecule has 1 aliphatic heterocycles. The van der Waals surface area contributed by atoms with Gasteiger partial charge in [-0.1, -0.05) is 76.2 Å². The molecule has 1 fully saturated rings. The first kappa shape index (κ1) is 32.9. The fraction of sp³-hybridized carbons (Fsp3) is 0.545. The second-order valence-electron chi connectivity index (χ2n) is 12.0. The Hall–Kier alpha value is -3.59. The predicted molar refractivity (Wildman–Crippen MR) is 164 cm³/mol. The van der Waals surface area contributed by atoms with Gasteiger partial charge in [0.05, 0.1) is 12.1 Å². The quantitative estimate of drug-likeness (QED) is 0.271. The first-order valence-corrected chi connectivity index (χ1v) is 15.0. The molecule has 1 heterocycles. The summed E-state index contributed by atoms with van der Waals surface area (Å²) in [7, 11) is 0. The van der Waals surface area contributed by atoms with Crippen LogP contribution in [0.4, 0.5) is 4.79 Å². The fourth-order valence-corrected chi connectivity index (χ4v) is 5.47. The molecule has 0 saturated carbocycles. The lowest BCUT2D eigenvalue weighted by molar-refractivity contribution is -0.129. The van der Waals surface area contributed by atoms with E-state index in [2.05, 4.69) is 16.0 Å². The molecule has 9 heteroatoms.